The fraction of sp³-hybridized carbons (Fsp3) is 0.583. The van der Waals surface area contributed by atoms with E-state index in [-0.39, 0.29) is 23.5 Å². The number of rotatable bonds is 6. The van der Waals surface area contributed by atoms with E-state index >= 15 is 0 Å². The fourth-order valence-corrected chi connectivity index (χ4v) is 1.54. The van der Waals surface area contributed by atoms with E-state index < -0.39 is 4.92 Å². The molecule has 0 aromatic carbocycles. The van der Waals surface area contributed by atoms with Gasteiger partial charge >= 0.3 is 5.69 Å². The normalized spacial score (nSPS) is 11.3. The summed E-state index contributed by atoms with van der Waals surface area (Å²) < 4.78 is 0. The summed E-state index contributed by atoms with van der Waals surface area (Å²) >= 11 is 0. The summed E-state index contributed by atoms with van der Waals surface area (Å²) in [5, 5.41) is 22.8. The molecule has 0 amide bonds. The predicted octanol–water partition coefficient (Wildman–Crippen LogP) is 2.12. The molecule has 0 saturated heterocycles. The second kappa shape index (κ2) is 5.77. The van der Waals surface area contributed by atoms with Gasteiger partial charge in [-0.15, -0.1) is 0 Å². The zero-order valence-corrected chi connectivity index (χ0v) is 10.9. The lowest BCUT2D eigenvalue weighted by atomic mass is 9.90. The molecule has 0 spiro atoms. The summed E-state index contributed by atoms with van der Waals surface area (Å²) in [5.41, 5.74) is 0.553. The Morgan fingerprint density at radius 2 is 2.17 bits per heavy atom. The molecule has 0 bridgehead atoms. The zero-order valence-electron chi connectivity index (χ0n) is 10.9. The minimum atomic E-state index is -0.451. The molecular weight excluding hydrogens is 234 g/mol. The molecule has 18 heavy (non-hydrogen) atoms. The highest BCUT2D eigenvalue weighted by Crippen LogP contribution is 2.25. The first-order chi connectivity index (χ1) is 8.35. The monoisotopic (exact) mass is 253 g/mol. The van der Waals surface area contributed by atoms with Crippen molar-refractivity contribution in [3.63, 3.8) is 0 Å². The maximum absolute atomic E-state index is 10.9. The SMILES string of the molecule is Cc1ccc([N+](=O)[O-])c(NCC(C)(C)CCO)n1. The largest absolute Gasteiger partial charge is 0.396 e. The molecule has 1 rings (SSSR count). The van der Waals surface area contributed by atoms with Crippen molar-refractivity contribution in [1.82, 2.24) is 4.98 Å². The van der Waals surface area contributed by atoms with Crippen LogP contribution in [-0.4, -0.2) is 28.2 Å². The van der Waals surface area contributed by atoms with E-state index in [2.05, 4.69) is 10.3 Å². The molecule has 0 aliphatic heterocycles. The number of anilines is 1. The smallest absolute Gasteiger partial charge is 0.311 e. The fourth-order valence-electron chi connectivity index (χ4n) is 1.54. The van der Waals surface area contributed by atoms with Crippen LogP contribution in [0.1, 0.15) is 26.0 Å². The Kier molecular flexibility index (Phi) is 4.61. The lowest BCUT2D eigenvalue weighted by Crippen LogP contribution is -2.25. The van der Waals surface area contributed by atoms with E-state index in [1.807, 2.05) is 13.8 Å². The van der Waals surface area contributed by atoms with Gasteiger partial charge in [0, 0.05) is 24.9 Å². The molecule has 2 N–H and O–H groups in total. The number of hydrogen-bond donors (Lipinski definition) is 2. The first-order valence-corrected chi connectivity index (χ1v) is 5.82. The number of hydrogen-bond acceptors (Lipinski definition) is 5. The number of pyridine rings is 1. The van der Waals surface area contributed by atoms with Crippen molar-refractivity contribution in [2.75, 3.05) is 18.5 Å². The van der Waals surface area contributed by atoms with Crippen molar-refractivity contribution in [3.8, 4) is 0 Å². The van der Waals surface area contributed by atoms with Crippen molar-refractivity contribution < 1.29 is 10.0 Å². The Bertz CT molecular complexity index is 433. The van der Waals surface area contributed by atoms with Gasteiger partial charge in [0.1, 0.15) is 0 Å². The molecule has 0 aliphatic carbocycles. The number of aliphatic hydroxyl groups is 1. The van der Waals surface area contributed by atoms with Gasteiger partial charge in [0.2, 0.25) is 5.82 Å². The molecule has 1 heterocycles. The summed E-state index contributed by atoms with van der Waals surface area (Å²) in [6.45, 7) is 6.37. The van der Waals surface area contributed by atoms with Crippen molar-refractivity contribution in [2.45, 2.75) is 27.2 Å². The number of nitrogens with one attached hydrogen (secondary N) is 1. The molecule has 1 aromatic heterocycles. The van der Waals surface area contributed by atoms with Crippen molar-refractivity contribution >= 4 is 11.5 Å². The van der Waals surface area contributed by atoms with Gasteiger partial charge in [-0.1, -0.05) is 13.8 Å². The van der Waals surface area contributed by atoms with Crippen molar-refractivity contribution in [2.24, 2.45) is 5.41 Å². The predicted molar refractivity (Wildman–Crippen MR) is 69.6 cm³/mol. The van der Waals surface area contributed by atoms with E-state index in [1.165, 1.54) is 6.07 Å². The van der Waals surface area contributed by atoms with Gasteiger partial charge < -0.3 is 10.4 Å². The quantitative estimate of drug-likeness (QED) is 0.598. The average Bonchev–Trinajstić information content (AvgIpc) is 2.26. The number of nitro groups is 1. The molecule has 1 aromatic rings. The molecule has 0 atom stereocenters. The topological polar surface area (TPSA) is 88.3 Å². The molecule has 6 nitrogen and oxygen atoms in total. The van der Waals surface area contributed by atoms with Gasteiger partial charge in [-0.2, -0.15) is 0 Å². The van der Waals surface area contributed by atoms with Crippen molar-refractivity contribution in [3.05, 3.63) is 27.9 Å². The Balaban J connectivity index is 2.83. The Hall–Kier alpha value is -1.69. The number of nitrogens with zero attached hydrogens (tertiary/aromatic N) is 2. The third-order valence-electron chi connectivity index (χ3n) is 2.73. The van der Waals surface area contributed by atoms with Gasteiger partial charge in [-0.25, -0.2) is 4.98 Å². The van der Waals surface area contributed by atoms with Crippen LogP contribution in [0.15, 0.2) is 12.1 Å². The molecular formula is C12H19N3O3. The maximum atomic E-state index is 10.9. The summed E-state index contributed by atoms with van der Waals surface area (Å²) in [6, 6.07) is 3.06. The van der Waals surface area contributed by atoms with Crippen LogP contribution < -0.4 is 5.32 Å². The lowest BCUT2D eigenvalue weighted by Gasteiger charge is -2.24. The van der Waals surface area contributed by atoms with Gasteiger partial charge in [0.25, 0.3) is 0 Å². The van der Waals surface area contributed by atoms with E-state index in [0.717, 1.165) is 5.69 Å². The van der Waals surface area contributed by atoms with Crippen molar-refractivity contribution in [1.29, 1.82) is 0 Å². The summed E-state index contributed by atoms with van der Waals surface area (Å²) in [6.07, 6.45) is 0.625. The molecule has 100 valence electrons. The standard InChI is InChI=1S/C12H19N3O3/c1-9-4-5-10(15(17)18)11(14-9)13-8-12(2,3)6-7-16/h4-5,16H,6-8H2,1-3H3,(H,13,14). The lowest BCUT2D eigenvalue weighted by molar-refractivity contribution is -0.384. The molecule has 0 aliphatic rings. The van der Waals surface area contributed by atoms with E-state index in [1.54, 1.807) is 13.0 Å². The highest BCUT2D eigenvalue weighted by molar-refractivity contribution is 5.56. The molecule has 0 unspecified atom stereocenters. The van der Waals surface area contributed by atoms with Crippen LogP contribution in [0.5, 0.6) is 0 Å². The van der Waals surface area contributed by atoms with Gasteiger partial charge in [0.05, 0.1) is 4.92 Å². The highest BCUT2D eigenvalue weighted by atomic mass is 16.6. The second-order valence-electron chi connectivity index (χ2n) is 5.07. The zero-order chi connectivity index (χ0) is 13.8. The Morgan fingerprint density at radius 3 is 2.72 bits per heavy atom. The second-order valence-corrected chi connectivity index (χ2v) is 5.07. The Labute approximate surface area is 106 Å². The van der Waals surface area contributed by atoms with E-state index in [4.69, 9.17) is 5.11 Å². The van der Waals surface area contributed by atoms with E-state index in [9.17, 15) is 10.1 Å². The summed E-state index contributed by atoms with van der Waals surface area (Å²) in [7, 11) is 0. The molecule has 0 radical (unpaired) electrons. The molecule has 0 fully saturated rings. The van der Waals surface area contributed by atoms with Crippen LogP contribution in [0.2, 0.25) is 0 Å². The first kappa shape index (κ1) is 14.4. The van der Waals surface area contributed by atoms with Crippen LogP contribution in [0, 0.1) is 22.5 Å². The van der Waals surface area contributed by atoms with Gasteiger partial charge in [-0.3, -0.25) is 10.1 Å². The Morgan fingerprint density at radius 1 is 1.50 bits per heavy atom. The number of aromatic nitrogens is 1. The minimum Gasteiger partial charge on any atom is -0.396 e. The van der Waals surface area contributed by atoms with Crippen LogP contribution >= 0.6 is 0 Å². The average molecular weight is 253 g/mol. The highest BCUT2D eigenvalue weighted by Gasteiger charge is 2.20. The molecule has 0 saturated carbocycles. The summed E-state index contributed by atoms with van der Waals surface area (Å²) in [4.78, 5) is 14.6. The first-order valence-electron chi connectivity index (χ1n) is 5.82. The molecule has 6 heteroatoms. The third-order valence-corrected chi connectivity index (χ3v) is 2.73. The summed E-state index contributed by atoms with van der Waals surface area (Å²) in [5.74, 6) is 0.283. The number of aryl methyl sites for hydroxylation is 1. The van der Waals surface area contributed by atoms with Crippen LogP contribution in [0.3, 0.4) is 0 Å². The third kappa shape index (κ3) is 3.96. The number of aliphatic hydroxyl groups excluding tert-OH is 1. The van der Waals surface area contributed by atoms with Crippen LogP contribution in [0.25, 0.3) is 0 Å². The van der Waals surface area contributed by atoms with Crippen LogP contribution in [0.4, 0.5) is 11.5 Å². The van der Waals surface area contributed by atoms with Crippen LogP contribution in [-0.2, 0) is 0 Å². The maximum Gasteiger partial charge on any atom is 0.311 e. The van der Waals surface area contributed by atoms with Gasteiger partial charge in [0.15, 0.2) is 0 Å². The van der Waals surface area contributed by atoms with Gasteiger partial charge in [-0.05, 0) is 24.8 Å². The van der Waals surface area contributed by atoms with E-state index in [0.29, 0.717) is 13.0 Å². The minimum absolute atomic E-state index is 0.0274.